The quantitative estimate of drug-likeness (QED) is 0.680. The predicted octanol–water partition coefficient (Wildman–Crippen LogP) is 5.24. The molecule has 4 nitrogen and oxygen atoms in total. The van der Waals surface area contributed by atoms with Crippen LogP contribution in [0, 0.1) is 5.41 Å². The number of alkyl halides is 3. The molecule has 0 unspecified atom stereocenters. The molecule has 2 aromatic carbocycles. The van der Waals surface area contributed by atoms with Crippen LogP contribution in [0.1, 0.15) is 49.1 Å². The van der Waals surface area contributed by atoms with E-state index in [1.54, 1.807) is 17.0 Å². The van der Waals surface area contributed by atoms with Gasteiger partial charge < -0.3 is 14.4 Å². The molecule has 0 fully saturated rings. The molecule has 0 aliphatic carbocycles. The number of nitrogens with zero attached hydrogens (tertiary/aromatic N) is 1. The Bertz CT molecular complexity index is 948. The lowest BCUT2D eigenvalue weighted by molar-refractivity contribution is -0.141. The molecule has 0 spiro atoms. The van der Waals surface area contributed by atoms with Gasteiger partial charge in [-0.3, -0.25) is 4.79 Å². The highest BCUT2D eigenvalue weighted by atomic mass is 19.4. The van der Waals surface area contributed by atoms with Gasteiger partial charge in [-0.1, -0.05) is 32.9 Å². The van der Waals surface area contributed by atoms with E-state index in [0.717, 1.165) is 23.3 Å². The maximum Gasteiger partial charge on any atom is 0.416 e. The van der Waals surface area contributed by atoms with Crippen LogP contribution in [-0.4, -0.2) is 31.6 Å². The second-order valence-electron chi connectivity index (χ2n) is 8.43. The minimum Gasteiger partial charge on any atom is -0.493 e. The van der Waals surface area contributed by atoms with Gasteiger partial charge in [0.25, 0.3) is 0 Å². The van der Waals surface area contributed by atoms with Gasteiger partial charge in [0.2, 0.25) is 5.91 Å². The van der Waals surface area contributed by atoms with Gasteiger partial charge >= 0.3 is 6.18 Å². The van der Waals surface area contributed by atoms with Gasteiger partial charge in [-0.25, -0.2) is 0 Å². The molecule has 0 radical (unpaired) electrons. The summed E-state index contributed by atoms with van der Waals surface area (Å²) >= 11 is 0. The molecule has 1 atom stereocenters. The molecular formula is C23H26F3NO3. The highest BCUT2D eigenvalue weighted by Gasteiger charge is 2.39. The first-order valence-electron chi connectivity index (χ1n) is 9.70. The van der Waals surface area contributed by atoms with E-state index in [0.29, 0.717) is 30.0 Å². The normalized spacial score (nSPS) is 16.8. The Kier molecular flexibility index (Phi) is 5.76. The van der Waals surface area contributed by atoms with E-state index in [-0.39, 0.29) is 5.91 Å². The van der Waals surface area contributed by atoms with Crippen molar-refractivity contribution >= 4 is 5.91 Å². The van der Waals surface area contributed by atoms with E-state index in [1.165, 1.54) is 20.3 Å². The summed E-state index contributed by atoms with van der Waals surface area (Å²) < 4.78 is 50.9. The zero-order valence-corrected chi connectivity index (χ0v) is 17.8. The van der Waals surface area contributed by atoms with Crippen LogP contribution in [0.3, 0.4) is 0 Å². The minimum absolute atomic E-state index is 0.120. The van der Waals surface area contributed by atoms with E-state index in [1.807, 2.05) is 26.8 Å². The molecule has 2 aromatic rings. The average molecular weight is 421 g/mol. The fourth-order valence-electron chi connectivity index (χ4n) is 3.84. The molecule has 30 heavy (non-hydrogen) atoms. The highest BCUT2D eigenvalue weighted by molar-refractivity contribution is 5.83. The Labute approximate surface area is 174 Å². The molecule has 1 aliphatic rings. The molecule has 1 heterocycles. The number of fused-ring (bicyclic) bond motifs is 1. The Morgan fingerprint density at radius 2 is 1.67 bits per heavy atom. The fraction of sp³-hybridized carbons (Fsp3) is 0.435. The summed E-state index contributed by atoms with van der Waals surface area (Å²) in [6, 6.07) is 8.13. The van der Waals surface area contributed by atoms with Crippen LogP contribution >= 0.6 is 0 Å². The van der Waals surface area contributed by atoms with Gasteiger partial charge in [0.05, 0.1) is 25.8 Å². The summed E-state index contributed by atoms with van der Waals surface area (Å²) in [5, 5.41) is 0. The van der Waals surface area contributed by atoms with E-state index in [9.17, 15) is 18.0 Å². The zero-order chi connectivity index (χ0) is 22.3. The lowest BCUT2D eigenvalue weighted by atomic mass is 9.84. The highest BCUT2D eigenvalue weighted by Crippen LogP contribution is 2.43. The van der Waals surface area contributed by atoms with Crippen LogP contribution < -0.4 is 9.47 Å². The minimum atomic E-state index is -4.47. The smallest absolute Gasteiger partial charge is 0.416 e. The van der Waals surface area contributed by atoms with Gasteiger partial charge in [0.1, 0.15) is 0 Å². The fourth-order valence-corrected chi connectivity index (χ4v) is 3.84. The molecule has 7 heteroatoms. The van der Waals surface area contributed by atoms with Gasteiger partial charge in [0, 0.05) is 12.0 Å². The van der Waals surface area contributed by atoms with Crippen molar-refractivity contribution in [2.75, 3.05) is 20.8 Å². The summed E-state index contributed by atoms with van der Waals surface area (Å²) in [6.45, 7) is 5.83. The number of benzene rings is 2. The molecule has 1 amide bonds. The summed E-state index contributed by atoms with van der Waals surface area (Å²) in [5.41, 5.74) is 0.670. The van der Waals surface area contributed by atoms with E-state index >= 15 is 0 Å². The van der Waals surface area contributed by atoms with Crippen molar-refractivity contribution in [1.82, 2.24) is 4.90 Å². The Hall–Kier alpha value is -2.70. The number of carbonyl (C=O) groups is 1. The second-order valence-corrected chi connectivity index (χ2v) is 8.43. The molecule has 3 rings (SSSR count). The first kappa shape index (κ1) is 22.0. The van der Waals surface area contributed by atoms with E-state index in [2.05, 4.69) is 0 Å². The summed E-state index contributed by atoms with van der Waals surface area (Å²) in [5.74, 6) is 0.901. The Morgan fingerprint density at radius 1 is 1.03 bits per heavy atom. The number of methoxy groups -OCH3 is 2. The third-order valence-electron chi connectivity index (χ3n) is 5.31. The van der Waals surface area contributed by atoms with Crippen molar-refractivity contribution in [3.8, 4) is 11.5 Å². The molecular weight excluding hydrogens is 395 g/mol. The molecule has 0 saturated heterocycles. The van der Waals surface area contributed by atoms with E-state index in [4.69, 9.17) is 9.47 Å². The largest absolute Gasteiger partial charge is 0.493 e. The number of carbonyl (C=O) groups excluding carboxylic acids is 1. The van der Waals surface area contributed by atoms with Crippen molar-refractivity contribution < 1.29 is 27.4 Å². The second kappa shape index (κ2) is 7.85. The van der Waals surface area contributed by atoms with Crippen LogP contribution in [0.25, 0.3) is 0 Å². The number of halogens is 3. The van der Waals surface area contributed by atoms with Crippen molar-refractivity contribution in [1.29, 1.82) is 0 Å². The third kappa shape index (κ3) is 4.11. The van der Waals surface area contributed by atoms with Crippen molar-refractivity contribution in [2.45, 2.75) is 39.4 Å². The van der Waals surface area contributed by atoms with E-state index < -0.39 is 23.2 Å². The standard InChI is InChI=1S/C23H26F3NO3/c1-22(2,3)21(28)27-10-9-14-12-18(29-4)19(30-5)13-17(14)20(27)15-7-6-8-16(11-15)23(24,25)26/h6-8,11-13,20H,9-10H2,1-5H3/t20-/m1/s1. The number of rotatable bonds is 3. The monoisotopic (exact) mass is 421 g/mol. The Balaban J connectivity index is 2.22. The molecule has 1 aliphatic heterocycles. The van der Waals surface area contributed by atoms with Gasteiger partial charge in [-0.05, 0) is 47.4 Å². The SMILES string of the molecule is COc1cc2c(cc1OC)[C@@H](c1cccc(C(F)(F)F)c1)N(C(=O)C(C)(C)C)CC2. The van der Waals surface area contributed by atoms with Crippen LogP contribution in [0.4, 0.5) is 13.2 Å². The third-order valence-corrected chi connectivity index (χ3v) is 5.31. The van der Waals surface area contributed by atoms with Crippen molar-refractivity contribution in [3.05, 3.63) is 58.7 Å². The lowest BCUT2D eigenvalue weighted by Gasteiger charge is -2.41. The van der Waals surface area contributed by atoms with Crippen LogP contribution in [0.15, 0.2) is 36.4 Å². The Morgan fingerprint density at radius 3 is 2.23 bits per heavy atom. The van der Waals surface area contributed by atoms with Crippen molar-refractivity contribution in [2.24, 2.45) is 5.41 Å². The number of ether oxygens (including phenoxy) is 2. The molecule has 0 aromatic heterocycles. The van der Waals surface area contributed by atoms with Crippen LogP contribution in [0.2, 0.25) is 0 Å². The summed E-state index contributed by atoms with van der Waals surface area (Å²) in [7, 11) is 3.04. The predicted molar refractivity (Wildman–Crippen MR) is 108 cm³/mol. The van der Waals surface area contributed by atoms with Gasteiger partial charge in [0.15, 0.2) is 11.5 Å². The van der Waals surface area contributed by atoms with Gasteiger partial charge in [-0.15, -0.1) is 0 Å². The average Bonchev–Trinajstić information content (AvgIpc) is 2.70. The van der Waals surface area contributed by atoms with Crippen LogP contribution in [-0.2, 0) is 17.4 Å². The maximum absolute atomic E-state index is 13.4. The lowest BCUT2D eigenvalue weighted by Crippen LogP contribution is -2.45. The number of amides is 1. The first-order valence-corrected chi connectivity index (χ1v) is 9.70. The summed E-state index contributed by atoms with van der Waals surface area (Å²) in [4.78, 5) is 14.9. The number of hydrogen-bond acceptors (Lipinski definition) is 3. The van der Waals surface area contributed by atoms with Gasteiger partial charge in [-0.2, -0.15) is 13.2 Å². The molecule has 0 bridgehead atoms. The molecule has 0 N–H and O–H groups in total. The number of hydrogen-bond donors (Lipinski definition) is 0. The topological polar surface area (TPSA) is 38.8 Å². The zero-order valence-electron chi connectivity index (χ0n) is 17.8. The van der Waals surface area contributed by atoms with Crippen molar-refractivity contribution in [3.63, 3.8) is 0 Å². The maximum atomic E-state index is 13.4. The summed E-state index contributed by atoms with van der Waals surface area (Å²) in [6.07, 6.45) is -3.89. The first-order chi connectivity index (χ1) is 14.0. The molecule has 162 valence electrons. The molecule has 0 saturated carbocycles. The van der Waals surface area contributed by atoms with Crippen LogP contribution in [0.5, 0.6) is 11.5 Å².